The maximum Gasteiger partial charge on any atom is 0.245 e. The lowest BCUT2D eigenvalue weighted by molar-refractivity contribution is -0.135. The number of nitrogens with one attached hydrogen (secondary N) is 1. The van der Waals surface area contributed by atoms with Gasteiger partial charge in [-0.25, -0.2) is 4.39 Å². The predicted molar refractivity (Wildman–Crippen MR) is 89.0 cm³/mol. The molecule has 6 nitrogen and oxygen atoms in total. The molecule has 2 fully saturated rings. The molecule has 0 aliphatic carbocycles. The maximum absolute atomic E-state index is 13.2. The first-order chi connectivity index (χ1) is 12.0. The van der Waals surface area contributed by atoms with Gasteiger partial charge in [0.15, 0.2) is 0 Å². The van der Waals surface area contributed by atoms with Gasteiger partial charge in [0.1, 0.15) is 11.9 Å². The minimum atomic E-state index is -0.429. The summed E-state index contributed by atoms with van der Waals surface area (Å²) in [4.78, 5) is 39.7. The molecule has 0 radical (unpaired) electrons. The van der Waals surface area contributed by atoms with Crippen LogP contribution in [0.4, 0.5) is 4.39 Å². The summed E-state index contributed by atoms with van der Waals surface area (Å²) in [5.74, 6) is -0.559. The van der Waals surface area contributed by atoms with Crippen LogP contribution in [0.5, 0.6) is 0 Å². The normalized spacial score (nSPS) is 21.0. The number of benzene rings is 1. The van der Waals surface area contributed by atoms with Gasteiger partial charge in [-0.3, -0.25) is 14.4 Å². The number of carbonyl (C=O) groups excluding carboxylic acids is 3. The second-order valence-electron chi connectivity index (χ2n) is 6.53. The van der Waals surface area contributed by atoms with E-state index in [1.54, 1.807) is 21.9 Å². The van der Waals surface area contributed by atoms with E-state index < -0.39 is 6.04 Å². The van der Waals surface area contributed by atoms with Gasteiger partial charge < -0.3 is 15.1 Å². The molecule has 1 N–H and O–H groups in total. The van der Waals surface area contributed by atoms with E-state index in [4.69, 9.17) is 0 Å². The second-order valence-corrected chi connectivity index (χ2v) is 6.53. The topological polar surface area (TPSA) is 69.7 Å². The minimum Gasteiger partial charge on any atom is -0.344 e. The lowest BCUT2D eigenvalue weighted by atomic mass is 10.1. The lowest BCUT2D eigenvalue weighted by Crippen LogP contribution is -2.46. The summed E-state index contributed by atoms with van der Waals surface area (Å²) in [6, 6.07) is 5.62. The third-order valence-corrected chi connectivity index (χ3v) is 4.70. The Hall–Kier alpha value is -2.44. The highest BCUT2D eigenvalue weighted by molar-refractivity contribution is 5.90. The molecule has 0 spiro atoms. The van der Waals surface area contributed by atoms with Crippen LogP contribution in [0.25, 0.3) is 0 Å². The molecule has 1 aromatic carbocycles. The van der Waals surface area contributed by atoms with Crippen LogP contribution in [0.2, 0.25) is 0 Å². The Labute approximate surface area is 146 Å². The van der Waals surface area contributed by atoms with E-state index in [2.05, 4.69) is 5.32 Å². The first-order valence-electron chi connectivity index (χ1n) is 8.63. The SMILES string of the molecule is O=C1CCC(C(=O)N2CCCN(C(=O)Cc3cccc(F)c3)CC2)N1. The number of rotatable bonds is 3. The van der Waals surface area contributed by atoms with Gasteiger partial charge in [-0.05, 0) is 30.5 Å². The van der Waals surface area contributed by atoms with Crippen LogP contribution in [0.1, 0.15) is 24.8 Å². The molecule has 0 aromatic heterocycles. The predicted octanol–water partition coefficient (Wildman–Crippen LogP) is 0.708. The summed E-state index contributed by atoms with van der Waals surface area (Å²) in [7, 11) is 0. The van der Waals surface area contributed by atoms with Crippen molar-refractivity contribution in [2.45, 2.75) is 31.7 Å². The fourth-order valence-electron chi connectivity index (χ4n) is 3.34. The Kier molecular flexibility index (Phi) is 5.31. The number of hydrogen-bond donors (Lipinski definition) is 1. The number of carbonyl (C=O) groups is 3. The zero-order valence-corrected chi connectivity index (χ0v) is 14.0. The molecular weight excluding hydrogens is 325 g/mol. The molecule has 25 heavy (non-hydrogen) atoms. The summed E-state index contributed by atoms with van der Waals surface area (Å²) >= 11 is 0. The Morgan fingerprint density at radius 3 is 2.64 bits per heavy atom. The Bertz CT molecular complexity index is 679. The molecule has 7 heteroatoms. The highest BCUT2D eigenvalue weighted by Gasteiger charge is 2.31. The molecule has 0 bridgehead atoms. The van der Waals surface area contributed by atoms with Gasteiger partial charge in [0.2, 0.25) is 17.7 Å². The van der Waals surface area contributed by atoms with Crippen LogP contribution in [0, 0.1) is 5.82 Å². The molecule has 2 heterocycles. The summed E-state index contributed by atoms with van der Waals surface area (Å²) in [6.45, 7) is 2.07. The summed E-state index contributed by atoms with van der Waals surface area (Å²) in [6.07, 6.45) is 1.78. The largest absolute Gasteiger partial charge is 0.344 e. The van der Waals surface area contributed by atoms with Gasteiger partial charge >= 0.3 is 0 Å². The molecule has 2 saturated heterocycles. The van der Waals surface area contributed by atoms with Crippen LogP contribution in [-0.4, -0.2) is 59.7 Å². The summed E-state index contributed by atoms with van der Waals surface area (Å²) in [5, 5.41) is 2.70. The third-order valence-electron chi connectivity index (χ3n) is 4.70. The Morgan fingerprint density at radius 1 is 1.16 bits per heavy atom. The van der Waals surface area contributed by atoms with E-state index in [0.29, 0.717) is 51.0 Å². The van der Waals surface area contributed by atoms with Crippen molar-refractivity contribution in [1.82, 2.24) is 15.1 Å². The van der Waals surface area contributed by atoms with Crippen LogP contribution in [-0.2, 0) is 20.8 Å². The number of hydrogen-bond acceptors (Lipinski definition) is 3. The fourth-order valence-corrected chi connectivity index (χ4v) is 3.34. The summed E-state index contributed by atoms with van der Waals surface area (Å²) in [5.41, 5.74) is 0.649. The number of halogens is 1. The molecule has 1 unspecified atom stereocenters. The van der Waals surface area contributed by atoms with Crippen molar-refractivity contribution in [2.75, 3.05) is 26.2 Å². The molecule has 3 amide bonds. The first-order valence-corrected chi connectivity index (χ1v) is 8.63. The van der Waals surface area contributed by atoms with Gasteiger partial charge in [0, 0.05) is 32.6 Å². The van der Waals surface area contributed by atoms with Crippen LogP contribution in [0.3, 0.4) is 0 Å². The molecule has 3 rings (SSSR count). The minimum absolute atomic E-state index is 0.0610. The highest BCUT2D eigenvalue weighted by Crippen LogP contribution is 2.13. The van der Waals surface area contributed by atoms with Crippen LogP contribution < -0.4 is 5.32 Å². The maximum atomic E-state index is 13.2. The van der Waals surface area contributed by atoms with E-state index in [9.17, 15) is 18.8 Å². The monoisotopic (exact) mass is 347 g/mol. The standard InChI is InChI=1S/C18H22FN3O3/c19-14-4-1-3-13(11-14)12-17(24)21-7-2-8-22(10-9-21)18(25)15-5-6-16(23)20-15/h1,3-4,11,15H,2,5-10,12H2,(H,20,23). The lowest BCUT2D eigenvalue weighted by Gasteiger charge is -2.24. The van der Waals surface area contributed by atoms with Gasteiger partial charge in [0.25, 0.3) is 0 Å². The van der Waals surface area contributed by atoms with Crippen LogP contribution >= 0.6 is 0 Å². The Balaban J connectivity index is 1.55. The molecule has 1 aromatic rings. The van der Waals surface area contributed by atoms with Crippen molar-refractivity contribution >= 4 is 17.7 Å². The van der Waals surface area contributed by atoms with Crippen molar-refractivity contribution < 1.29 is 18.8 Å². The van der Waals surface area contributed by atoms with Crippen molar-refractivity contribution in [3.05, 3.63) is 35.6 Å². The quantitative estimate of drug-likeness (QED) is 0.875. The van der Waals surface area contributed by atoms with E-state index in [1.807, 2.05) is 0 Å². The highest BCUT2D eigenvalue weighted by atomic mass is 19.1. The van der Waals surface area contributed by atoms with Gasteiger partial charge in [-0.15, -0.1) is 0 Å². The zero-order valence-electron chi connectivity index (χ0n) is 14.0. The molecule has 134 valence electrons. The smallest absolute Gasteiger partial charge is 0.245 e. The third kappa shape index (κ3) is 4.35. The van der Waals surface area contributed by atoms with E-state index in [0.717, 1.165) is 0 Å². The van der Waals surface area contributed by atoms with E-state index in [1.165, 1.54) is 12.1 Å². The second kappa shape index (κ2) is 7.63. The first kappa shape index (κ1) is 17.4. The number of nitrogens with zero attached hydrogens (tertiary/aromatic N) is 2. The van der Waals surface area contributed by atoms with Crippen molar-refractivity contribution in [3.63, 3.8) is 0 Å². The molecule has 2 aliphatic heterocycles. The van der Waals surface area contributed by atoms with E-state index in [-0.39, 0.29) is 30.0 Å². The molecule has 2 aliphatic rings. The van der Waals surface area contributed by atoms with Gasteiger partial charge in [-0.2, -0.15) is 0 Å². The molecule has 0 saturated carbocycles. The van der Waals surface area contributed by atoms with Crippen LogP contribution in [0.15, 0.2) is 24.3 Å². The van der Waals surface area contributed by atoms with E-state index >= 15 is 0 Å². The summed E-state index contributed by atoms with van der Waals surface area (Å²) < 4.78 is 13.2. The zero-order chi connectivity index (χ0) is 17.8. The average molecular weight is 347 g/mol. The van der Waals surface area contributed by atoms with Crippen molar-refractivity contribution in [3.8, 4) is 0 Å². The molecule has 1 atom stereocenters. The average Bonchev–Trinajstić information content (AvgIpc) is 2.87. The van der Waals surface area contributed by atoms with Gasteiger partial charge in [0.05, 0.1) is 6.42 Å². The van der Waals surface area contributed by atoms with Gasteiger partial charge in [-0.1, -0.05) is 12.1 Å². The Morgan fingerprint density at radius 2 is 1.92 bits per heavy atom. The number of amides is 3. The van der Waals surface area contributed by atoms with Crippen molar-refractivity contribution in [2.24, 2.45) is 0 Å². The van der Waals surface area contributed by atoms with Crippen molar-refractivity contribution in [1.29, 1.82) is 0 Å². The molecular formula is C18H22FN3O3. The fraction of sp³-hybridized carbons (Fsp3) is 0.500.